The SMILES string of the molecule is CN=C(NCCS(=O)C(C)(C)C)NC(C)c1cc(C)ccc1OC. The van der Waals surface area contributed by atoms with Crippen molar-refractivity contribution >= 4 is 16.8 Å². The molecule has 0 aromatic heterocycles. The highest BCUT2D eigenvalue weighted by Crippen LogP contribution is 2.25. The Balaban J connectivity index is 2.66. The van der Waals surface area contributed by atoms with Gasteiger partial charge in [-0.2, -0.15) is 0 Å². The van der Waals surface area contributed by atoms with E-state index in [1.54, 1.807) is 14.2 Å². The fourth-order valence-electron chi connectivity index (χ4n) is 2.24. The van der Waals surface area contributed by atoms with E-state index in [2.05, 4.69) is 35.5 Å². The number of hydrogen-bond donors (Lipinski definition) is 2. The van der Waals surface area contributed by atoms with Crippen molar-refractivity contribution in [2.24, 2.45) is 4.99 Å². The van der Waals surface area contributed by atoms with Crippen molar-refractivity contribution in [3.63, 3.8) is 0 Å². The molecule has 0 aliphatic heterocycles. The molecule has 24 heavy (non-hydrogen) atoms. The summed E-state index contributed by atoms with van der Waals surface area (Å²) in [5, 5.41) is 6.59. The summed E-state index contributed by atoms with van der Waals surface area (Å²) in [6, 6.07) is 6.16. The van der Waals surface area contributed by atoms with Gasteiger partial charge in [0.1, 0.15) is 5.75 Å². The van der Waals surface area contributed by atoms with E-state index in [1.165, 1.54) is 5.56 Å². The number of aryl methyl sites for hydroxylation is 1. The maximum absolute atomic E-state index is 12.1. The first-order valence-corrected chi connectivity index (χ1v) is 9.51. The van der Waals surface area contributed by atoms with Gasteiger partial charge in [-0.1, -0.05) is 17.7 Å². The summed E-state index contributed by atoms with van der Waals surface area (Å²) in [6.07, 6.45) is 0. The normalized spacial score (nSPS) is 14.9. The molecular weight excluding hydrogens is 322 g/mol. The Morgan fingerprint density at radius 2 is 2.04 bits per heavy atom. The average Bonchev–Trinajstić information content (AvgIpc) is 2.52. The summed E-state index contributed by atoms with van der Waals surface area (Å²) in [7, 11) is 2.53. The minimum Gasteiger partial charge on any atom is -0.496 e. The van der Waals surface area contributed by atoms with Gasteiger partial charge < -0.3 is 15.4 Å². The Labute approximate surface area is 148 Å². The van der Waals surface area contributed by atoms with Gasteiger partial charge in [0.15, 0.2) is 5.96 Å². The number of rotatable bonds is 6. The fraction of sp³-hybridized carbons (Fsp3) is 0.611. The predicted octanol–water partition coefficient (Wildman–Crippen LogP) is 2.78. The Morgan fingerprint density at radius 3 is 2.58 bits per heavy atom. The number of methoxy groups -OCH3 is 1. The van der Waals surface area contributed by atoms with E-state index < -0.39 is 10.8 Å². The van der Waals surface area contributed by atoms with E-state index in [-0.39, 0.29) is 10.8 Å². The monoisotopic (exact) mass is 353 g/mol. The highest BCUT2D eigenvalue weighted by Gasteiger charge is 2.19. The van der Waals surface area contributed by atoms with Crippen LogP contribution < -0.4 is 15.4 Å². The van der Waals surface area contributed by atoms with Crippen molar-refractivity contribution in [3.8, 4) is 5.75 Å². The second-order valence-corrected chi connectivity index (χ2v) is 9.10. The lowest BCUT2D eigenvalue weighted by atomic mass is 10.0. The van der Waals surface area contributed by atoms with Crippen molar-refractivity contribution in [3.05, 3.63) is 29.3 Å². The summed E-state index contributed by atoms with van der Waals surface area (Å²) >= 11 is 0. The standard InChI is InChI=1S/C18H31N3O2S/c1-13-8-9-16(23-7)15(12-13)14(2)21-17(19-6)20-10-11-24(22)18(3,4)5/h8-9,12,14H,10-11H2,1-7H3,(H2,19,20,21). The summed E-state index contributed by atoms with van der Waals surface area (Å²) in [6.45, 7) is 10.7. The second kappa shape index (κ2) is 9.06. The number of ether oxygens (including phenoxy) is 1. The van der Waals surface area contributed by atoms with Crippen molar-refractivity contribution in [2.45, 2.75) is 45.4 Å². The van der Waals surface area contributed by atoms with Crippen LogP contribution in [0.15, 0.2) is 23.2 Å². The third-order valence-corrected chi connectivity index (χ3v) is 5.63. The summed E-state index contributed by atoms with van der Waals surface area (Å²) in [4.78, 5) is 4.25. The number of nitrogens with one attached hydrogen (secondary N) is 2. The van der Waals surface area contributed by atoms with Crippen LogP contribution in [0.3, 0.4) is 0 Å². The molecule has 0 amide bonds. The molecule has 5 nitrogen and oxygen atoms in total. The molecule has 0 spiro atoms. The first-order chi connectivity index (χ1) is 11.2. The smallest absolute Gasteiger partial charge is 0.191 e. The molecule has 2 unspecified atom stereocenters. The van der Waals surface area contributed by atoms with E-state index in [4.69, 9.17) is 4.74 Å². The molecule has 0 fully saturated rings. The van der Waals surface area contributed by atoms with Gasteiger partial charge in [-0.05, 0) is 40.7 Å². The molecule has 1 rings (SSSR count). The molecule has 1 aromatic carbocycles. The summed E-state index contributed by atoms with van der Waals surface area (Å²) in [5.41, 5.74) is 2.27. The summed E-state index contributed by atoms with van der Waals surface area (Å²) in [5.74, 6) is 2.13. The van der Waals surface area contributed by atoms with Gasteiger partial charge in [-0.3, -0.25) is 9.20 Å². The number of benzene rings is 1. The third-order valence-electron chi connectivity index (χ3n) is 3.69. The first kappa shape index (κ1) is 20.5. The van der Waals surface area contributed by atoms with Gasteiger partial charge >= 0.3 is 0 Å². The Hall–Kier alpha value is -1.56. The molecule has 1 aromatic rings. The van der Waals surface area contributed by atoms with Crippen LogP contribution in [0.1, 0.15) is 44.9 Å². The lowest BCUT2D eigenvalue weighted by Crippen LogP contribution is -2.41. The van der Waals surface area contributed by atoms with Crippen molar-refractivity contribution in [2.75, 3.05) is 26.5 Å². The highest BCUT2D eigenvalue weighted by molar-refractivity contribution is 7.86. The molecule has 0 aliphatic carbocycles. The minimum absolute atomic E-state index is 0.0409. The first-order valence-electron chi connectivity index (χ1n) is 8.19. The largest absolute Gasteiger partial charge is 0.496 e. The predicted molar refractivity (Wildman–Crippen MR) is 103 cm³/mol. The molecule has 0 aliphatic rings. The van der Waals surface area contributed by atoms with Crippen molar-refractivity contribution in [1.29, 1.82) is 0 Å². The molecule has 0 heterocycles. The zero-order valence-electron chi connectivity index (χ0n) is 15.9. The average molecular weight is 354 g/mol. The molecule has 136 valence electrons. The highest BCUT2D eigenvalue weighted by atomic mass is 32.2. The van der Waals surface area contributed by atoms with Gasteiger partial charge in [0.25, 0.3) is 0 Å². The minimum atomic E-state index is -0.878. The number of guanidine groups is 1. The number of aliphatic imine (C=N–C) groups is 1. The number of nitrogens with zero attached hydrogens (tertiary/aromatic N) is 1. The van der Waals surface area contributed by atoms with E-state index in [1.807, 2.05) is 32.9 Å². The molecular formula is C18H31N3O2S. The lowest BCUT2D eigenvalue weighted by Gasteiger charge is -2.22. The Bertz CT molecular complexity index is 594. The number of hydrogen-bond acceptors (Lipinski definition) is 3. The van der Waals surface area contributed by atoms with Crippen LogP contribution >= 0.6 is 0 Å². The van der Waals surface area contributed by atoms with Gasteiger partial charge in [-0.25, -0.2) is 0 Å². The van der Waals surface area contributed by atoms with Crippen LogP contribution in [0, 0.1) is 6.92 Å². The topological polar surface area (TPSA) is 62.7 Å². The van der Waals surface area contributed by atoms with E-state index >= 15 is 0 Å². The zero-order chi connectivity index (χ0) is 18.3. The molecule has 2 atom stereocenters. The summed E-state index contributed by atoms with van der Waals surface area (Å²) < 4.78 is 17.3. The Morgan fingerprint density at radius 1 is 1.38 bits per heavy atom. The molecule has 0 saturated heterocycles. The van der Waals surface area contributed by atoms with Crippen LogP contribution in [0.2, 0.25) is 0 Å². The van der Waals surface area contributed by atoms with Gasteiger partial charge in [-0.15, -0.1) is 0 Å². The molecule has 0 bridgehead atoms. The molecule has 6 heteroatoms. The lowest BCUT2D eigenvalue weighted by molar-refractivity contribution is 0.405. The van der Waals surface area contributed by atoms with Gasteiger partial charge in [0, 0.05) is 40.5 Å². The third kappa shape index (κ3) is 6.15. The maximum atomic E-state index is 12.1. The molecule has 0 radical (unpaired) electrons. The van der Waals surface area contributed by atoms with Crippen LogP contribution in [0.5, 0.6) is 5.75 Å². The molecule has 2 N–H and O–H groups in total. The van der Waals surface area contributed by atoms with Gasteiger partial charge in [0.2, 0.25) is 0 Å². The maximum Gasteiger partial charge on any atom is 0.191 e. The van der Waals surface area contributed by atoms with Crippen molar-refractivity contribution < 1.29 is 8.95 Å². The van der Waals surface area contributed by atoms with E-state index in [0.717, 1.165) is 11.3 Å². The van der Waals surface area contributed by atoms with E-state index in [9.17, 15) is 4.21 Å². The van der Waals surface area contributed by atoms with Crippen molar-refractivity contribution in [1.82, 2.24) is 10.6 Å². The van der Waals surface area contributed by atoms with Crippen LogP contribution in [-0.4, -0.2) is 41.4 Å². The Kier molecular flexibility index (Phi) is 7.73. The van der Waals surface area contributed by atoms with Crippen LogP contribution in [0.4, 0.5) is 0 Å². The van der Waals surface area contributed by atoms with Crippen LogP contribution in [-0.2, 0) is 10.8 Å². The second-order valence-electron chi connectivity index (χ2n) is 6.77. The zero-order valence-corrected chi connectivity index (χ0v) is 16.7. The van der Waals surface area contributed by atoms with Crippen LogP contribution in [0.25, 0.3) is 0 Å². The van der Waals surface area contributed by atoms with Gasteiger partial charge in [0.05, 0.1) is 13.2 Å². The molecule has 0 saturated carbocycles. The quantitative estimate of drug-likeness (QED) is 0.610. The van der Waals surface area contributed by atoms with E-state index in [0.29, 0.717) is 18.3 Å². The fourth-order valence-corrected chi connectivity index (χ4v) is 3.14.